The van der Waals surface area contributed by atoms with Crippen LogP contribution in [0.1, 0.15) is 30.9 Å². The third kappa shape index (κ3) is 6.70. The Hall–Kier alpha value is -1.61. The molecule has 1 amide bonds. The van der Waals surface area contributed by atoms with Crippen molar-refractivity contribution >= 4 is 57.5 Å². The van der Waals surface area contributed by atoms with Gasteiger partial charge in [0, 0.05) is 42.6 Å². The number of aliphatic imine (C=N–C) groups is 1. The molecular formula is C22H28BrIN4O. The van der Waals surface area contributed by atoms with Gasteiger partial charge in [0.15, 0.2) is 5.96 Å². The lowest BCUT2D eigenvalue weighted by atomic mass is 9.96. The van der Waals surface area contributed by atoms with Crippen LogP contribution in [0.3, 0.4) is 0 Å². The van der Waals surface area contributed by atoms with Crippen LogP contribution in [0.15, 0.2) is 58.0 Å². The van der Waals surface area contributed by atoms with Crippen LogP contribution in [-0.2, 0) is 16.6 Å². The minimum absolute atomic E-state index is 0. The third-order valence-electron chi connectivity index (χ3n) is 5.10. The number of rotatable bonds is 7. The van der Waals surface area contributed by atoms with Crippen molar-refractivity contribution in [2.45, 2.75) is 31.6 Å². The first-order valence-corrected chi connectivity index (χ1v) is 10.4. The second-order valence-electron chi connectivity index (χ2n) is 7.24. The maximum absolute atomic E-state index is 11.1. The van der Waals surface area contributed by atoms with Crippen LogP contribution < -0.4 is 16.0 Å². The van der Waals surface area contributed by atoms with E-state index in [1.165, 1.54) is 35.4 Å². The molecule has 3 N–H and O–H groups in total. The predicted octanol–water partition coefficient (Wildman–Crippen LogP) is 4.46. The maximum Gasteiger partial charge on any atom is 0.221 e. The van der Waals surface area contributed by atoms with Crippen LogP contribution in [0.5, 0.6) is 0 Å². The highest BCUT2D eigenvalue weighted by molar-refractivity contribution is 14.0. The van der Waals surface area contributed by atoms with Gasteiger partial charge in [0.25, 0.3) is 0 Å². The van der Waals surface area contributed by atoms with Crippen molar-refractivity contribution in [3.05, 3.63) is 64.1 Å². The monoisotopic (exact) mass is 570 g/mol. The maximum atomic E-state index is 11.1. The summed E-state index contributed by atoms with van der Waals surface area (Å²) in [4.78, 5) is 15.4. The van der Waals surface area contributed by atoms with E-state index in [4.69, 9.17) is 0 Å². The molecule has 0 atom stereocenters. The SMILES string of the molecule is CN=C(NCCc1ccc(NC(C)=O)cc1)NCC1(c2ccccc2Br)CC1.I. The molecule has 1 saturated carbocycles. The smallest absolute Gasteiger partial charge is 0.221 e. The first-order valence-electron chi connectivity index (χ1n) is 9.58. The standard InChI is InChI=1S/C22H27BrN4O.HI/c1-16(28)27-18-9-7-17(8-10-18)11-14-25-21(24-2)26-15-22(12-13-22)19-5-3-4-6-20(19)23;/h3-10H,11-15H2,1-2H3,(H,27,28)(H2,24,25,26);1H. The topological polar surface area (TPSA) is 65.5 Å². The molecular weight excluding hydrogens is 543 g/mol. The normalized spacial score (nSPS) is 14.5. The fraction of sp³-hybridized carbons (Fsp3) is 0.364. The van der Waals surface area contributed by atoms with Gasteiger partial charge in [0.1, 0.15) is 0 Å². The molecule has 2 aromatic rings. The minimum Gasteiger partial charge on any atom is -0.356 e. The van der Waals surface area contributed by atoms with Crippen molar-refractivity contribution in [2.24, 2.45) is 4.99 Å². The van der Waals surface area contributed by atoms with E-state index in [0.29, 0.717) is 0 Å². The first kappa shape index (κ1) is 23.7. The number of carbonyl (C=O) groups excluding carboxylic acids is 1. The summed E-state index contributed by atoms with van der Waals surface area (Å²) < 4.78 is 1.18. The fourth-order valence-corrected chi connectivity index (χ4v) is 4.05. The van der Waals surface area contributed by atoms with Crippen molar-refractivity contribution in [3.63, 3.8) is 0 Å². The lowest BCUT2D eigenvalue weighted by Gasteiger charge is -2.20. The number of hydrogen-bond donors (Lipinski definition) is 3. The summed E-state index contributed by atoms with van der Waals surface area (Å²) in [6, 6.07) is 16.4. The second-order valence-corrected chi connectivity index (χ2v) is 8.10. The molecule has 0 aliphatic heterocycles. The summed E-state index contributed by atoms with van der Waals surface area (Å²) >= 11 is 3.69. The third-order valence-corrected chi connectivity index (χ3v) is 5.79. The molecule has 1 aliphatic carbocycles. The Labute approximate surface area is 198 Å². The quantitative estimate of drug-likeness (QED) is 0.261. The predicted molar refractivity (Wildman–Crippen MR) is 134 cm³/mol. The zero-order valence-electron chi connectivity index (χ0n) is 16.8. The molecule has 0 radical (unpaired) electrons. The Kier molecular flexibility index (Phi) is 8.95. The van der Waals surface area contributed by atoms with Crippen LogP contribution >= 0.6 is 39.9 Å². The van der Waals surface area contributed by atoms with E-state index in [1.54, 1.807) is 7.05 Å². The van der Waals surface area contributed by atoms with E-state index in [1.807, 2.05) is 24.3 Å². The second kappa shape index (κ2) is 11.0. The Balaban J connectivity index is 0.00000300. The Morgan fingerprint density at radius 3 is 2.38 bits per heavy atom. The van der Waals surface area contributed by atoms with E-state index in [9.17, 15) is 4.79 Å². The van der Waals surface area contributed by atoms with Gasteiger partial charge in [-0.1, -0.05) is 46.3 Å². The van der Waals surface area contributed by atoms with Gasteiger partial charge < -0.3 is 16.0 Å². The van der Waals surface area contributed by atoms with Crippen molar-refractivity contribution < 1.29 is 4.79 Å². The van der Waals surface area contributed by atoms with E-state index in [0.717, 1.165) is 31.2 Å². The molecule has 0 spiro atoms. The number of benzene rings is 2. The van der Waals surface area contributed by atoms with E-state index < -0.39 is 0 Å². The highest BCUT2D eigenvalue weighted by Gasteiger charge is 2.45. The van der Waals surface area contributed by atoms with Crippen LogP contribution in [0.4, 0.5) is 5.69 Å². The molecule has 0 bridgehead atoms. The number of nitrogens with one attached hydrogen (secondary N) is 3. The van der Waals surface area contributed by atoms with E-state index >= 15 is 0 Å². The zero-order valence-corrected chi connectivity index (χ0v) is 20.7. The lowest BCUT2D eigenvalue weighted by molar-refractivity contribution is -0.114. The van der Waals surface area contributed by atoms with Crippen molar-refractivity contribution in [1.82, 2.24) is 10.6 Å². The summed E-state index contributed by atoms with van der Waals surface area (Å²) in [6.07, 6.45) is 3.27. The van der Waals surface area contributed by atoms with Gasteiger partial charge >= 0.3 is 0 Å². The van der Waals surface area contributed by atoms with Gasteiger partial charge in [0.2, 0.25) is 5.91 Å². The molecule has 0 heterocycles. The molecule has 5 nitrogen and oxygen atoms in total. The Bertz CT molecular complexity index is 850. The van der Waals surface area contributed by atoms with Crippen molar-refractivity contribution in [3.8, 4) is 0 Å². The molecule has 0 unspecified atom stereocenters. The average molecular weight is 571 g/mol. The summed E-state index contributed by atoms with van der Waals surface area (Å²) in [5, 5.41) is 9.66. The number of hydrogen-bond acceptors (Lipinski definition) is 2. The van der Waals surface area contributed by atoms with Gasteiger partial charge in [0.05, 0.1) is 0 Å². The van der Waals surface area contributed by atoms with E-state index in [2.05, 4.69) is 61.1 Å². The number of nitrogens with zero attached hydrogens (tertiary/aromatic N) is 1. The van der Waals surface area contributed by atoms with Crippen LogP contribution in [0.25, 0.3) is 0 Å². The molecule has 7 heteroatoms. The summed E-state index contributed by atoms with van der Waals surface area (Å²) in [6.45, 7) is 3.18. The number of amides is 1. The number of anilines is 1. The van der Waals surface area contributed by atoms with Crippen LogP contribution in [-0.4, -0.2) is 32.0 Å². The molecule has 156 valence electrons. The first-order chi connectivity index (χ1) is 13.5. The number of halogens is 2. The summed E-state index contributed by atoms with van der Waals surface area (Å²) in [7, 11) is 1.80. The minimum atomic E-state index is -0.0553. The molecule has 0 saturated heterocycles. The molecule has 2 aromatic carbocycles. The number of guanidine groups is 1. The number of carbonyl (C=O) groups is 1. The molecule has 0 aromatic heterocycles. The van der Waals surface area contributed by atoms with Crippen molar-refractivity contribution in [1.29, 1.82) is 0 Å². The lowest BCUT2D eigenvalue weighted by Crippen LogP contribution is -2.42. The van der Waals surface area contributed by atoms with Gasteiger partial charge in [-0.2, -0.15) is 0 Å². The van der Waals surface area contributed by atoms with Gasteiger partial charge in [-0.05, 0) is 48.6 Å². The summed E-state index contributed by atoms with van der Waals surface area (Å²) in [5.41, 5.74) is 3.61. The zero-order chi connectivity index (χ0) is 20.0. The van der Waals surface area contributed by atoms with Crippen molar-refractivity contribution in [2.75, 3.05) is 25.5 Å². The van der Waals surface area contributed by atoms with Gasteiger partial charge in [-0.15, -0.1) is 24.0 Å². The molecule has 3 rings (SSSR count). The van der Waals surface area contributed by atoms with Crippen LogP contribution in [0, 0.1) is 0 Å². The summed E-state index contributed by atoms with van der Waals surface area (Å²) in [5.74, 6) is 0.772. The highest BCUT2D eigenvalue weighted by Crippen LogP contribution is 2.49. The van der Waals surface area contributed by atoms with Crippen LogP contribution in [0.2, 0.25) is 0 Å². The molecule has 1 aliphatic rings. The largest absolute Gasteiger partial charge is 0.356 e. The van der Waals surface area contributed by atoms with Gasteiger partial charge in [-0.25, -0.2) is 0 Å². The molecule has 1 fully saturated rings. The van der Waals surface area contributed by atoms with E-state index in [-0.39, 0.29) is 35.3 Å². The van der Waals surface area contributed by atoms with Gasteiger partial charge in [-0.3, -0.25) is 9.79 Å². The molecule has 29 heavy (non-hydrogen) atoms. The Morgan fingerprint density at radius 1 is 1.10 bits per heavy atom. The highest BCUT2D eigenvalue weighted by atomic mass is 127. The average Bonchev–Trinajstić information content (AvgIpc) is 3.46. The Morgan fingerprint density at radius 2 is 1.79 bits per heavy atom. The fourth-order valence-electron chi connectivity index (χ4n) is 3.34.